The summed E-state index contributed by atoms with van der Waals surface area (Å²) in [6, 6.07) is 61.8. The Balaban J connectivity index is 0.00000226. The Morgan fingerprint density at radius 1 is 0.597 bits per heavy atom. The lowest BCUT2D eigenvalue weighted by Crippen LogP contribution is -2.47. The fraction of sp³-hybridized carbons (Fsp3) is 0.193. The highest BCUT2D eigenvalue weighted by Crippen LogP contribution is 2.52. The lowest BCUT2D eigenvalue weighted by Gasteiger charge is -2.34. The third kappa shape index (κ3) is 6.60. The average Bonchev–Trinajstić information content (AvgIpc) is 3.90. The van der Waals surface area contributed by atoms with Crippen LogP contribution in [0.15, 0.2) is 187 Å². The van der Waals surface area contributed by atoms with Crippen LogP contribution in [0.2, 0.25) is 0 Å². The van der Waals surface area contributed by atoms with E-state index in [9.17, 15) is 0 Å². The monoisotopic (exact) mass is 809 g/mol. The molecule has 0 bridgehead atoms. The largest absolute Gasteiger partial charge is 0.312 e. The minimum atomic E-state index is -0.293. The second-order valence-electron chi connectivity index (χ2n) is 17.3. The van der Waals surface area contributed by atoms with Crippen LogP contribution in [0.3, 0.4) is 0 Å². The summed E-state index contributed by atoms with van der Waals surface area (Å²) in [6.07, 6.45) is 3.98. The Morgan fingerprint density at radius 2 is 1.16 bits per heavy atom. The number of hydrogen-bond donors (Lipinski definition) is 2. The number of rotatable bonds is 9. The molecule has 0 amide bonds. The van der Waals surface area contributed by atoms with Gasteiger partial charge in [-0.05, 0) is 107 Å². The summed E-state index contributed by atoms with van der Waals surface area (Å²) in [5.74, 6) is 0. The highest BCUT2D eigenvalue weighted by Gasteiger charge is 2.39. The molecule has 3 N–H and O–H groups in total. The molecule has 2 atom stereocenters. The lowest BCUT2D eigenvalue weighted by atomic mass is 9.78. The van der Waals surface area contributed by atoms with Crippen molar-refractivity contribution in [1.29, 1.82) is 0 Å². The molecule has 7 aromatic carbocycles. The van der Waals surface area contributed by atoms with E-state index in [1.54, 1.807) is 0 Å². The molecule has 0 fully saturated rings. The van der Waals surface area contributed by atoms with E-state index >= 15 is 0 Å². The molecule has 0 saturated carbocycles. The van der Waals surface area contributed by atoms with E-state index in [0.717, 1.165) is 19.4 Å². The number of nitrogens with zero attached hydrogens (tertiary/aromatic N) is 3. The van der Waals surface area contributed by atoms with Gasteiger partial charge in [-0.25, -0.2) is 0 Å². The first-order valence-electron chi connectivity index (χ1n) is 22.3. The Bertz CT molecular complexity index is 3150. The predicted molar refractivity (Wildman–Crippen MR) is 262 cm³/mol. The van der Waals surface area contributed by atoms with Crippen LogP contribution in [-0.2, 0) is 12.0 Å². The van der Waals surface area contributed by atoms with Gasteiger partial charge < -0.3 is 14.9 Å². The maximum Gasteiger partial charge on any atom is 0.0875 e. The smallest absolute Gasteiger partial charge is 0.0875 e. The van der Waals surface area contributed by atoms with Crippen molar-refractivity contribution in [2.45, 2.75) is 64.8 Å². The SMILES string of the molecule is CC.CN(Cc1ccccc1)C(NC(N)C1=CC2=C(CC1)c1ccc(-n3c4ccccc4c4cc5c6ccccc6n(-c6ccccc6)c5cc43)cc1C2(C)C)c1ccccc1. The number of aromatic nitrogens is 2. The van der Waals surface area contributed by atoms with Gasteiger partial charge >= 0.3 is 0 Å². The van der Waals surface area contributed by atoms with E-state index in [1.807, 2.05) is 13.8 Å². The first-order chi connectivity index (χ1) is 30.3. The molecule has 2 aromatic heterocycles. The first-order valence-corrected chi connectivity index (χ1v) is 22.3. The molecule has 2 heterocycles. The quantitative estimate of drug-likeness (QED) is 0.143. The third-order valence-electron chi connectivity index (χ3n) is 13.3. The molecule has 5 nitrogen and oxygen atoms in total. The number of nitrogens with one attached hydrogen (secondary N) is 1. The maximum atomic E-state index is 7.17. The predicted octanol–water partition coefficient (Wildman–Crippen LogP) is 13.4. The van der Waals surface area contributed by atoms with Crippen molar-refractivity contribution in [2.75, 3.05) is 7.05 Å². The summed E-state index contributed by atoms with van der Waals surface area (Å²) in [6.45, 7) is 9.60. The third-order valence-corrected chi connectivity index (χ3v) is 13.3. The van der Waals surface area contributed by atoms with Crippen LogP contribution >= 0.6 is 0 Å². The molecule has 0 radical (unpaired) electrons. The minimum absolute atomic E-state index is 0.0459. The van der Waals surface area contributed by atoms with Crippen LogP contribution in [0.4, 0.5) is 0 Å². The van der Waals surface area contributed by atoms with E-state index < -0.39 is 0 Å². The Labute approximate surface area is 365 Å². The van der Waals surface area contributed by atoms with Crippen molar-refractivity contribution >= 4 is 49.2 Å². The van der Waals surface area contributed by atoms with Gasteiger partial charge in [0.2, 0.25) is 0 Å². The zero-order valence-electron chi connectivity index (χ0n) is 36.4. The molecule has 308 valence electrons. The fourth-order valence-corrected chi connectivity index (χ4v) is 10.3. The molecule has 2 aliphatic carbocycles. The van der Waals surface area contributed by atoms with Gasteiger partial charge in [0, 0.05) is 44.9 Å². The van der Waals surface area contributed by atoms with Gasteiger partial charge in [0.25, 0.3) is 0 Å². The van der Waals surface area contributed by atoms with Crippen LogP contribution in [-0.4, -0.2) is 27.2 Å². The summed E-state index contributed by atoms with van der Waals surface area (Å²) in [7, 11) is 2.18. The van der Waals surface area contributed by atoms with E-state index in [0.29, 0.717) is 0 Å². The number of benzene rings is 7. The van der Waals surface area contributed by atoms with Crippen molar-refractivity contribution < 1.29 is 0 Å². The summed E-state index contributed by atoms with van der Waals surface area (Å²) in [5, 5.41) is 8.92. The van der Waals surface area contributed by atoms with Crippen molar-refractivity contribution in [3.63, 3.8) is 0 Å². The molecule has 62 heavy (non-hydrogen) atoms. The van der Waals surface area contributed by atoms with Gasteiger partial charge in [-0.3, -0.25) is 10.2 Å². The van der Waals surface area contributed by atoms with Crippen molar-refractivity contribution in [3.8, 4) is 11.4 Å². The molecule has 5 heteroatoms. The second kappa shape index (κ2) is 16.1. The molecule has 0 aliphatic heterocycles. The topological polar surface area (TPSA) is 51.1 Å². The van der Waals surface area contributed by atoms with E-state index in [1.165, 1.54) is 94.0 Å². The highest BCUT2D eigenvalue weighted by atomic mass is 15.3. The van der Waals surface area contributed by atoms with Gasteiger partial charge in [-0.15, -0.1) is 0 Å². The van der Waals surface area contributed by atoms with Crippen molar-refractivity contribution in [1.82, 2.24) is 19.4 Å². The molecule has 0 saturated heterocycles. The Hall–Kier alpha value is -6.50. The van der Waals surface area contributed by atoms with Gasteiger partial charge in [0.05, 0.1) is 34.4 Å². The molecule has 11 rings (SSSR count). The minimum Gasteiger partial charge on any atom is -0.312 e. The van der Waals surface area contributed by atoms with Crippen LogP contribution in [0.25, 0.3) is 60.6 Å². The van der Waals surface area contributed by atoms with E-state index in [-0.39, 0.29) is 17.7 Å². The molecule has 2 unspecified atom stereocenters. The number of allylic oxidation sites excluding steroid dienone is 3. The summed E-state index contributed by atoms with van der Waals surface area (Å²) in [4.78, 5) is 2.36. The average molecular weight is 810 g/mol. The lowest BCUT2D eigenvalue weighted by molar-refractivity contribution is 0.187. The van der Waals surface area contributed by atoms with Crippen LogP contribution < -0.4 is 11.1 Å². The van der Waals surface area contributed by atoms with Crippen LogP contribution in [0, 0.1) is 0 Å². The molecule has 2 aliphatic rings. The number of hydrogen-bond acceptors (Lipinski definition) is 3. The number of fused-ring (bicyclic) bond motifs is 8. The zero-order valence-corrected chi connectivity index (χ0v) is 36.4. The maximum absolute atomic E-state index is 7.17. The van der Waals surface area contributed by atoms with Gasteiger partial charge in [0.15, 0.2) is 0 Å². The highest BCUT2D eigenvalue weighted by molar-refractivity contribution is 6.19. The summed E-state index contributed by atoms with van der Waals surface area (Å²) < 4.78 is 4.91. The molecular formula is C57H55N5. The standard InChI is InChI=1S/C55H49N5.C2H6/c1-55(2)47-31-38(53(56)57-54(37-19-9-5-10-20-37)58(3)35-36-17-7-4-8-18-36)27-29-41(47)42-30-28-40(32-48(42)55)60-50-26-16-14-24-44(50)46-33-45-43-23-13-15-25-49(43)59(51(45)34-52(46)60)39-21-11-6-12-22-39;1-2/h4-26,28,30-34,53-54,57H,27,29,35,56H2,1-3H3;1-2H3. The fourth-order valence-electron chi connectivity index (χ4n) is 10.3. The van der Waals surface area contributed by atoms with Crippen LogP contribution in [0.5, 0.6) is 0 Å². The van der Waals surface area contributed by atoms with E-state index in [4.69, 9.17) is 5.73 Å². The van der Waals surface area contributed by atoms with Crippen molar-refractivity contribution in [3.05, 3.63) is 209 Å². The molecule has 0 spiro atoms. The summed E-state index contributed by atoms with van der Waals surface area (Å²) >= 11 is 0. The van der Waals surface area contributed by atoms with Crippen molar-refractivity contribution in [2.24, 2.45) is 5.73 Å². The van der Waals surface area contributed by atoms with Gasteiger partial charge in [0.1, 0.15) is 0 Å². The second-order valence-corrected chi connectivity index (χ2v) is 17.3. The number of nitrogens with two attached hydrogens (primary N) is 1. The normalized spacial score (nSPS) is 15.4. The van der Waals surface area contributed by atoms with Gasteiger partial charge in [-0.2, -0.15) is 0 Å². The zero-order chi connectivity index (χ0) is 42.5. The Kier molecular flexibility index (Phi) is 10.3. The molecule has 9 aromatic rings. The Morgan fingerprint density at radius 3 is 1.81 bits per heavy atom. The van der Waals surface area contributed by atoms with Gasteiger partial charge in [-0.1, -0.05) is 155 Å². The van der Waals surface area contributed by atoms with E-state index in [2.05, 4.69) is 216 Å². The first kappa shape index (κ1) is 39.6. The van der Waals surface area contributed by atoms with Crippen LogP contribution in [0.1, 0.15) is 69.0 Å². The molecular weight excluding hydrogens is 755 g/mol. The number of para-hydroxylation sites is 3. The summed E-state index contributed by atoms with van der Waals surface area (Å²) in [5.41, 5.74) is 23.5.